The highest BCUT2D eigenvalue weighted by Gasteiger charge is 2.20. The lowest BCUT2D eigenvalue weighted by Gasteiger charge is -2.20. The number of aryl methyl sites for hydroxylation is 1. The van der Waals surface area contributed by atoms with Gasteiger partial charge in [0, 0.05) is 37.0 Å². The van der Waals surface area contributed by atoms with Crippen molar-refractivity contribution >= 4 is 11.6 Å². The van der Waals surface area contributed by atoms with Gasteiger partial charge in [-0.3, -0.25) is 14.7 Å². The fourth-order valence-electron chi connectivity index (χ4n) is 4.07. The van der Waals surface area contributed by atoms with Crippen molar-refractivity contribution < 1.29 is 14.3 Å². The molecule has 0 aliphatic carbocycles. The largest absolute Gasteiger partial charge is 0.496 e. The van der Waals surface area contributed by atoms with E-state index in [4.69, 9.17) is 9.47 Å². The number of carbonyl (C=O) groups excluding carboxylic acids is 1. The van der Waals surface area contributed by atoms with E-state index in [1.165, 1.54) is 10.6 Å². The lowest BCUT2D eigenvalue weighted by molar-refractivity contribution is -0.121. The predicted octanol–water partition coefficient (Wildman–Crippen LogP) is 2.65. The van der Waals surface area contributed by atoms with Gasteiger partial charge in [0.2, 0.25) is 5.91 Å². The van der Waals surface area contributed by atoms with Crippen LogP contribution < -0.4 is 15.6 Å². The topological polar surface area (TPSA) is 97.7 Å². The van der Waals surface area contributed by atoms with Gasteiger partial charge in [-0.05, 0) is 43.9 Å². The molecule has 2 aromatic heterocycles. The number of methoxy groups -OCH3 is 1. The van der Waals surface area contributed by atoms with Gasteiger partial charge in [-0.25, -0.2) is 9.50 Å². The van der Waals surface area contributed by atoms with Gasteiger partial charge in [0.1, 0.15) is 5.75 Å². The Labute approximate surface area is 180 Å². The van der Waals surface area contributed by atoms with E-state index in [2.05, 4.69) is 15.4 Å². The number of fused-ring (bicyclic) bond motifs is 1. The van der Waals surface area contributed by atoms with Crippen molar-refractivity contribution in [3.8, 4) is 5.75 Å². The molecule has 1 aromatic carbocycles. The Kier molecular flexibility index (Phi) is 6.08. The highest BCUT2D eigenvalue weighted by Crippen LogP contribution is 2.26. The number of benzene rings is 1. The second kappa shape index (κ2) is 8.93. The molecule has 1 atom stereocenters. The van der Waals surface area contributed by atoms with Gasteiger partial charge < -0.3 is 14.8 Å². The van der Waals surface area contributed by atoms with E-state index >= 15 is 0 Å². The molecule has 1 saturated heterocycles. The van der Waals surface area contributed by atoms with Crippen molar-refractivity contribution in [3.63, 3.8) is 0 Å². The summed E-state index contributed by atoms with van der Waals surface area (Å²) in [6.45, 7) is 5.23. The van der Waals surface area contributed by atoms with Crippen LogP contribution in [0.2, 0.25) is 0 Å². The van der Waals surface area contributed by atoms with Crippen LogP contribution >= 0.6 is 0 Å². The Balaban J connectivity index is 1.48. The molecule has 1 amide bonds. The molecule has 1 fully saturated rings. The zero-order valence-corrected chi connectivity index (χ0v) is 18.1. The minimum absolute atomic E-state index is 0.129. The predicted molar refractivity (Wildman–Crippen MR) is 117 cm³/mol. The summed E-state index contributed by atoms with van der Waals surface area (Å²) in [7, 11) is 1.62. The molecule has 0 bridgehead atoms. The molecule has 0 spiro atoms. The molecular formula is C23H28N4O4. The van der Waals surface area contributed by atoms with Crippen LogP contribution in [0.5, 0.6) is 5.75 Å². The minimum Gasteiger partial charge on any atom is -0.496 e. The van der Waals surface area contributed by atoms with Gasteiger partial charge in [-0.15, -0.1) is 0 Å². The maximum absolute atomic E-state index is 12.6. The summed E-state index contributed by atoms with van der Waals surface area (Å²) in [5.74, 6) is 1.00. The second-order valence-electron chi connectivity index (χ2n) is 8.08. The van der Waals surface area contributed by atoms with Crippen molar-refractivity contribution in [2.24, 2.45) is 0 Å². The highest BCUT2D eigenvalue weighted by atomic mass is 16.5. The lowest BCUT2D eigenvalue weighted by Crippen LogP contribution is -2.30. The van der Waals surface area contributed by atoms with Crippen molar-refractivity contribution in [2.75, 3.05) is 20.3 Å². The van der Waals surface area contributed by atoms with Crippen LogP contribution in [0.25, 0.3) is 5.65 Å². The Morgan fingerprint density at radius 2 is 2.10 bits per heavy atom. The lowest BCUT2D eigenvalue weighted by atomic mass is 9.97. The van der Waals surface area contributed by atoms with Gasteiger partial charge in [0.15, 0.2) is 5.65 Å². The maximum atomic E-state index is 12.6. The third-order valence-corrected chi connectivity index (χ3v) is 5.80. The fraction of sp³-hybridized carbons (Fsp3) is 0.435. The first-order valence-corrected chi connectivity index (χ1v) is 10.6. The molecule has 1 aliphatic rings. The van der Waals surface area contributed by atoms with E-state index in [9.17, 15) is 9.59 Å². The molecule has 2 N–H and O–H groups in total. The van der Waals surface area contributed by atoms with Crippen LogP contribution in [-0.4, -0.2) is 40.8 Å². The highest BCUT2D eigenvalue weighted by molar-refractivity contribution is 5.79. The normalized spacial score (nSPS) is 15.7. The summed E-state index contributed by atoms with van der Waals surface area (Å²) in [6.07, 6.45) is 2.09. The van der Waals surface area contributed by atoms with Crippen molar-refractivity contribution in [3.05, 3.63) is 63.2 Å². The van der Waals surface area contributed by atoms with E-state index in [0.717, 1.165) is 48.6 Å². The smallest absolute Gasteiger partial charge is 0.272 e. The first-order valence-electron chi connectivity index (χ1n) is 10.6. The number of H-pyrrole nitrogens is 1. The number of hydrogen-bond acceptors (Lipinski definition) is 5. The molecular weight excluding hydrogens is 396 g/mol. The molecule has 0 saturated carbocycles. The molecule has 8 nitrogen and oxygen atoms in total. The van der Waals surface area contributed by atoms with Crippen molar-refractivity contribution in [2.45, 2.75) is 45.1 Å². The molecule has 0 radical (unpaired) electrons. The van der Waals surface area contributed by atoms with E-state index in [1.807, 2.05) is 38.1 Å². The number of aromatic amines is 1. The quantitative estimate of drug-likeness (QED) is 0.634. The average molecular weight is 425 g/mol. The van der Waals surface area contributed by atoms with Gasteiger partial charge in [0.25, 0.3) is 5.56 Å². The number of nitrogens with zero attached hydrogens (tertiary/aromatic N) is 2. The average Bonchev–Trinajstić information content (AvgIpc) is 3.19. The molecule has 1 aliphatic heterocycles. The van der Waals surface area contributed by atoms with Crippen LogP contribution in [0.4, 0.5) is 0 Å². The Hall–Kier alpha value is -3.13. The van der Waals surface area contributed by atoms with Gasteiger partial charge >= 0.3 is 0 Å². The summed E-state index contributed by atoms with van der Waals surface area (Å²) >= 11 is 0. The second-order valence-corrected chi connectivity index (χ2v) is 8.08. The molecule has 3 heterocycles. The van der Waals surface area contributed by atoms with E-state index in [-0.39, 0.29) is 23.9 Å². The van der Waals surface area contributed by atoms with Crippen molar-refractivity contribution in [1.29, 1.82) is 0 Å². The standard InChI is InChI=1S/C23H28N4O4/c1-14-10-16(4-5-20(14)30-3)11-22(28)24-15(2)18-13-23(29)27-21(25-18)12-19(26-27)17-6-8-31-9-7-17/h4-5,10,12-13,15,17,26H,6-9,11H2,1-3H3,(H,24,28). The Morgan fingerprint density at radius 1 is 1.32 bits per heavy atom. The number of nitrogens with one attached hydrogen (secondary N) is 2. The summed E-state index contributed by atoms with van der Waals surface area (Å²) in [6, 6.07) is 8.70. The zero-order valence-electron chi connectivity index (χ0n) is 18.1. The molecule has 4 rings (SSSR count). The van der Waals surface area contributed by atoms with Crippen LogP contribution in [-0.2, 0) is 16.0 Å². The number of hydrogen-bond donors (Lipinski definition) is 2. The monoisotopic (exact) mass is 424 g/mol. The van der Waals surface area contributed by atoms with E-state index in [1.54, 1.807) is 7.11 Å². The maximum Gasteiger partial charge on any atom is 0.272 e. The molecule has 8 heteroatoms. The summed E-state index contributed by atoms with van der Waals surface area (Å²) in [4.78, 5) is 29.8. The molecule has 31 heavy (non-hydrogen) atoms. The van der Waals surface area contributed by atoms with Gasteiger partial charge in [0.05, 0.1) is 25.3 Å². The Bertz CT molecular complexity index is 1140. The van der Waals surface area contributed by atoms with Gasteiger partial charge in [-0.2, -0.15) is 0 Å². The van der Waals surface area contributed by atoms with Crippen LogP contribution in [0.15, 0.2) is 35.1 Å². The van der Waals surface area contributed by atoms with Gasteiger partial charge in [-0.1, -0.05) is 12.1 Å². The summed E-state index contributed by atoms with van der Waals surface area (Å²) in [5.41, 5.74) is 3.80. The number of carbonyl (C=O) groups is 1. The first-order chi connectivity index (χ1) is 14.9. The zero-order chi connectivity index (χ0) is 22.0. The van der Waals surface area contributed by atoms with Crippen LogP contribution in [0, 0.1) is 6.92 Å². The first kappa shape index (κ1) is 21.1. The van der Waals surface area contributed by atoms with Crippen LogP contribution in [0.3, 0.4) is 0 Å². The SMILES string of the molecule is COc1ccc(CC(=O)NC(C)c2cc(=O)n3[nH]c(C4CCOCC4)cc3n2)cc1C. The third kappa shape index (κ3) is 4.64. The summed E-state index contributed by atoms with van der Waals surface area (Å²) < 4.78 is 12.1. The minimum atomic E-state index is -0.383. The van der Waals surface area contributed by atoms with E-state index in [0.29, 0.717) is 17.3 Å². The van der Waals surface area contributed by atoms with E-state index < -0.39 is 0 Å². The third-order valence-electron chi connectivity index (χ3n) is 5.80. The number of amides is 1. The van der Waals surface area contributed by atoms with Crippen LogP contribution in [0.1, 0.15) is 54.2 Å². The summed E-state index contributed by atoms with van der Waals surface area (Å²) in [5, 5.41) is 6.12. The number of ether oxygens (including phenoxy) is 2. The fourth-order valence-corrected chi connectivity index (χ4v) is 4.07. The molecule has 1 unspecified atom stereocenters. The Morgan fingerprint density at radius 3 is 2.81 bits per heavy atom. The molecule has 164 valence electrons. The number of aromatic nitrogens is 3. The van der Waals surface area contributed by atoms with Crippen molar-refractivity contribution in [1.82, 2.24) is 19.9 Å². The number of rotatable bonds is 6. The molecule has 3 aromatic rings.